The molecule has 8 heavy (non-hydrogen) atoms. The average Bonchev–Trinajstić information content (AvgIpc) is 2.15. The first-order chi connectivity index (χ1) is 3.97. The second-order valence-electron chi connectivity index (χ2n) is 2.89. The van der Waals surface area contributed by atoms with Gasteiger partial charge in [0, 0.05) is 5.25 Å². The molecule has 0 bridgehead atoms. The van der Waals surface area contributed by atoms with Crippen LogP contribution in [0.15, 0.2) is 0 Å². The van der Waals surface area contributed by atoms with E-state index in [2.05, 4.69) is 11.8 Å². The highest BCUT2D eigenvalue weighted by Gasteiger charge is 2.31. The van der Waals surface area contributed by atoms with Crippen LogP contribution in [0.5, 0.6) is 0 Å². The molecule has 0 nitrogen and oxygen atoms in total. The van der Waals surface area contributed by atoms with E-state index in [1.165, 1.54) is 31.4 Å². The predicted octanol–water partition coefficient (Wildman–Crippen LogP) is 2.29. The summed E-state index contributed by atoms with van der Waals surface area (Å²) in [5.74, 6) is 2.59. The van der Waals surface area contributed by atoms with Crippen LogP contribution in [0.4, 0.5) is 0 Å². The molecule has 0 aromatic carbocycles. The zero-order valence-electron chi connectivity index (χ0n) is 5.10. The maximum Gasteiger partial charge on any atom is 0.00756 e. The third-order valence-corrected chi connectivity index (χ3v) is 3.93. The molecule has 0 radical (unpaired) electrons. The Labute approximate surface area is 55.0 Å². The smallest absolute Gasteiger partial charge is 0.00756 e. The lowest BCUT2D eigenvalue weighted by Crippen LogP contribution is -2.00. The van der Waals surface area contributed by atoms with Crippen LogP contribution in [0.2, 0.25) is 0 Å². The van der Waals surface area contributed by atoms with Crippen LogP contribution in [-0.4, -0.2) is 11.0 Å². The van der Waals surface area contributed by atoms with Gasteiger partial charge in [0.25, 0.3) is 0 Å². The van der Waals surface area contributed by atoms with E-state index in [-0.39, 0.29) is 0 Å². The second kappa shape index (κ2) is 1.94. The van der Waals surface area contributed by atoms with Crippen molar-refractivity contribution in [2.24, 2.45) is 5.92 Å². The summed E-state index contributed by atoms with van der Waals surface area (Å²) in [4.78, 5) is 0. The van der Waals surface area contributed by atoms with E-state index in [4.69, 9.17) is 0 Å². The van der Waals surface area contributed by atoms with E-state index in [0.717, 1.165) is 11.2 Å². The van der Waals surface area contributed by atoms with Crippen molar-refractivity contribution in [3.8, 4) is 0 Å². The Balaban J connectivity index is 2.04. The van der Waals surface area contributed by atoms with Crippen LogP contribution in [-0.2, 0) is 0 Å². The van der Waals surface area contributed by atoms with Crippen LogP contribution in [0.3, 0.4) is 0 Å². The topological polar surface area (TPSA) is 0 Å². The molecule has 2 fully saturated rings. The number of thioether (sulfide) groups is 1. The third-order valence-electron chi connectivity index (χ3n) is 2.41. The molecule has 1 heterocycles. The molecule has 2 aliphatic rings. The quantitative estimate of drug-likeness (QED) is 0.482. The molecule has 1 aliphatic heterocycles. The standard InChI is InChI=1S/C7H12S/c1-2-6-4-5-8-7(6)3-1/h6-7H,1-5H2/t6-,7+/m1/s1. The van der Waals surface area contributed by atoms with Crippen molar-refractivity contribution < 1.29 is 0 Å². The molecule has 1 heteroatoms. The Morgan fingerprint density at radius 1 is 1.12 bits per heavy atom. The van der Waals surface area contributed by atoms with E-state index in [1.807, 2.05) is 0 Å². The molecular formula is C7H12S. The Hall–Kier alpha value is 0.350. The van der Waals surface area contributed by atoms with Gasteiger partial charge >= 0.3 is 0 Å². The van der Waals surface area contributed by atoms with Gasteiger partial charge in [-0.15, -0.1) is 0 Å². The van der Waals surface area contributed by atoms with Gasteiger partial charge in [-0.1, -0.05) is 6.42 Å². The molecule has 0 amide bonds. The molecule has 1 aliphatic carbocycles. The largest absolute Gasteiger partial charge is 0.158 e. The maximum absolute atomic E-state index is 2.21. The summed E-state index contributed by atoms with van der Waals surface area (Å²) in [6, 6.07) is 0. The fraction of sp³-hybridized carbons (Fsp3) is 1.00. The first-order valence-corrected chi connectivity index (χ1v) is 4.63. The summed E-state index contributed by atoms with van der Waals surface area (Å²) in [5.41, 5.74) is 0. The fourth-order valence-electron chi connectivity index (χ4n) is 1.92. The van der Waals surface area contributed by atoms with E-state index >= 15 is 0 Å². The molecule has 46 valence electrons. The Morgan fingerprint density at radius 3 is 3.00 bits per heavy atom. The highest BCUT2D eigenvalue weighted by molar-refractivity contribution is 8.00. The predicted molar refractivity (Wildman–Crippen MR) is 38.2 cm³/mol. The molecule has 0 aromatic heterocycles. The zero-order valence-corrected chi connectivity index (χ0v) is 5.91. The molecular weight excluding hydrogens is 116 g/mol. The number of hydrogen-bond acceptors (Lipinski definition) is 1. The average molecular weight is 128 g/mol. The molecule has 1 saturated heterocycles. The van der Waals surface area contributed by atoms with Crippen LogP contribution in [0.1, 0.15) is 25.7 Å². The van der Waals surface area contributed by atoms with E-state index in [9.17, 15) is 0 Å². The number of fused-ring (bicyclic) bond motifs is 1. The number of hydrogen-bond donors (Lipinski definition) is 0. The molecule has 2 atom stereocenters. The van der Waals surface area contributed by atoms with E-state index in [0.29, 0.717) is 0 Å². The molecule has 2 rings (SSSR count). The van der Waals surface area contributed by atoms with Crippen LogP contribution < -0.4 is 0 Å². The first-order valence-electron chi connectivity index (χ1n) is 3.58. The Kier molecular flexibility index (Phi) is 1.25. The van der Waals surface area contributed by atoms with Crippen molar-refractivity contribution in [1.29, 1.82) is 0 Å². The second-order valence-corrected chi connectivity index (χ2v) is 4.24. The van der Waals surface area contributed by atoms with Gasteiger partial charge in [0.05, 0.1) is 0 Å². The van der Waals surface area contributed by atoms with Gasteiger partial charge in [0.1, 0.15) is 0 Å². The molecule has 0 N–H and O–H groups in total. The van der Waals surface area contributed by atoms with Crippen LogP contribution in [0, 0.1) is 5.92 Å². The summed E-state index contributed by atoms with van der Waals surface area (Å²) in [5, 5.41) is 1.09. The van der Waals surface area contributed by atoms with Gasteiger partial charge in [0.2, 0.25) is 0 Å². The van der Waals surface area contributed by atoms with Gasteiger partial charge in [0.15, 0.2) is 0 Å². The minimum absolute atomic E-state index is 1.09. The van der Waals surface area contributed by atoms with Crippen molar-refractivity contribution in [3.63, 3.8) is 0 Å². The zero-order chi connectivity index (χ0) is 5.40. The van der Waals surface area contributed by atoms with Gasteiger partial charge in [-0.05, 0) is 30.9 Å². The monoisotopic (exact) mass is 128 g/mol. The minimum Gasteiger partial charge on any atom is -0.158 e. The van der Waals surface area contributed by atoms with Gasteiger partial charge in [-0.3, -0.25) is 0 Å². The summed E-state index contributed by atoms with van der Waals surface area (Å²) >= 11 is 2.21. The molecule has 0 unspecified atom stereocenters. The summed E-state index contributed by atoms with van der Waals surface area (Å²) < 4.78 is 0. The fourth-order valence-corrected chi connectivity index (χ4v) is 3.54. The third kappa shape index (κ3) is 0.680. The Morgan fingerprint density at radius 2 is 2.12 bits per heavy atom. The van der Waals surface area contributed by atoms with Crippen LogP contribution >= 0.6 is 11.8 Å². The normalized spacial score (nSPS) is 45.0. The van der Waals surface area contributed by atoms with Gasteiger partial charge in [-0.25, -0.2) is 0 Å². The SMILES string of the molecule is C1C[C@@H]2CCS[C@H]2C1. The van der Waals surface area contributed by atoms with E-state index < -0.39 is 0 Å². The van der Waals surface area contributed by atoms with Crippen molar-refractivity contribution in [2.45, 2.75) is 30.9 Å². The van der Waals surface area contributed by atoms with Crippen LogP contribution in [0.25, 0.3) is 0 Å². The lowest BCUT2D eigenvalue weighted by atomic mass is 10.1. The van der Waals surface area contributed by atoms with Crippen molar-refractivity contribution in [1.82, 2.24) is 0 Å². The summed E-state index contributed by atoms with van der Waals surface area (Å²) in [6.45, 7) is 0. The van der Waals surface area contributed by atoms with E-state index in [1.54, 1.807) is 0 Å². The minimum atomic E-state index is 1.09. The number of rotatable bonds is 0. The van der Waals surface area contributed by atoms with Crippen molar-refractivity contribution in [3.05, 3.63) is 0 Å². The first kappa shape index (κ1) is 5.16. The summed E-state index contributed by atoms with van der Waals surface area (Å²) in [6.07, 6.45) is 6.10. The maximum atomic E-state index is 2.21. The van der Waals surface area contributed by atoms with Crippen molar-refractivity contribution >= 4 is 11.8 Å². The lowest BCUT2D eigenvalue weighted by molar-refractivity contribution is 0.569. The highest BCUT2D eigenvalue weighted by Crippen LogP contribution is 2.43. The Bertz CT molecular complexity index is 70.4. The molecule has 1 saturated carbocycles. The summed E-state index contributed by atoms with van der Waals surface area (Å²) in [7, 11) is 0. The lowest BCUT2D eigenvalue weighted by Gasteiger charge is -2.03. The van der Waals surface area contributed by atoms with Gasteiger partial charge < -0.3 is 0 Å². The van der Waals surface area contributed by atoms with Crippen molar-refractivity contribution in [2.75, 3.05) is 5.75 Å². The van der Waals surface area contributed by atoms with Gasteiger partial charge in [-0.2, -0.15) is 11.8 Å². The molecule has 0 aromatic rings. The molecule has 0 spiro atoms. The highest BCUT2D eigenvalue weighted by atomic mass is 32.2.